The van der Waals surface area contributed by atoms with Gasteiger partial charge in [0.2, 0.25) is 0 Å². The molecule has 0 amide bonds. The highest BCUT2D eigenvalue weighted by molar-refractivity contribution is 5.17. The van der Waals surface area contributed by atoms with E-state index in [2.05, 4.69) is 22.9 Å². The van der Waals surface area contributed by atoms with Crippen molar-refractivity contribution in [3.8, 4) is 0 Å². The van der Waals surface area contributed by atoms with Crippen LogP contribution < -0.4 is 5.32 Å². The third-order valence-corrected chi connectivity index (χ3v) is 2.09. The molecule has 1 N–H and O–H groups in total. The van der Waals surface area contributed by atoms with Gasteiger partial charge in [0.25, 0.3) is 0 Å². The fourth-order valence-electron chi connectivity index (χ4n) is 1.27. The molecule has 1 atom stereocenters. The van der Waals surface area contributed by atoms with Crippen LogP contribution in [0.5, 0.6) is 0 Å². The van der Waals surface area contributed by atoms with E-state index >= 15 is 0 Å². The summed E-state index contributed by atoms with van der Waals surface area (Å²) in [5.74, 6) is 0. The Kier molecular flexibility index (Phi) is 3.65. The van der Waals surface area contributed by atoms with Crippen molar-refractivity contribution in [1.82, 2.24) is 10.3 Å². The molecule has 0 fully saturated rings. The predicted molar refractivity (Wildman–Crippen MR) is 55.6 cm³/mol. The fraction of sp³-hybridized carbons (Fsp3) is 0.364. The minimum absolute atomic E-state index is 0.339. The zero-order valence-electron chi connectivity index (χ0n) is 8.25. The molecule has 1 heterocycles. The van der Waals surface area contributed by atoms with Crippen molar-refractivity contribution in [3.63, 3.8) is 0 Å². The van der Waals surface area contributed by atoms with E-state index in [4.69, 9.17) is 0 Å². The van der Waals surface area contributed by atoms with Crippen molar-refractivity contribution < 1.29 is 0 Å². The second-order valence-corrected chi connectivity index (χ2v) is 3.10. The fourth-order valence-corrected chi connectivity index (χ4v) is 1.27. The van der Waals surface area contributed by atoms with Crippen molar-refractivity contribution in [2.45, 2.75) is 19.4 Å². The monoisotopic (exact) mass is 176 g/mol. The van der Waals surface area contributed by atoms with Gasteiger partial charge in [-0.15, -0.1) is 6.58 Å². The molecule has 0 radical (unpaired) electrons. The Hall–Kier alpha value is -1.15. The Labute approximate surface area is 79.7 Å². The minimum Gasteiger partial charge on any atom is -0.313 e. The Morgan fingerprint density at radius 1 is 1.62 bits per heavy atom. The van der Waals surface area contributed by atoms with Crippen LogP contribution in [-0.4, -0.2) is 12.0 Å². The van der Waals surface area contributed by atoms with E-state index in [1.807, 2.05) is 32.3 Å². The van der Waals surface area contributed by atoms with E-state index in [1.165, 1.54) is 5.56 Å². The van der Waals surface area contributed by atoms with E-state index in [0.717, 1.165) is 12.1 Å². The van der Waals surface area contributed by atoms with Gasteiger partial charge in [-0.2, -0.15) is 0 Å². The molecule has 2 heteroatoms. The first-order valence-corrected chi connectivity index (χ1v) is 4.48. The van der Waals surface area contributed by atoms with Crippen LogP contribution in [0, 0.1) is 6.92 Å². The summed E-state index contributed by atoms with van der Waals surface area (Å²) in [4.78, 5) is 4.26. The maximum Gasteiger partial charge on any atom is 0.0372 e. The summed E-state index contributed by atoms with van der Waals surface area (Å²) in [6.45, 7) is 5.72. The lowest BCUT2D eigenvalue weighted by molar-refractivity contribution is 0.601. The van der Waals surface area contributed by atoms with E-state index in [-0.39, 0.29) is 0 Å². The summed E-state index contributed by atoms with van der Waals surface area (Å²) in [6.07, 6.45) is 4.77. The standard InChI is InChI=1S/C11H16N2/c1-4-5-11(12-3)10-7-6-9(2)13-8-10/h4,6-8,11-12H,1,5H2,2-3H3. The van der Waals surface area contributed by atoms with Crippen molar-refractivity contribution in [1.29, 1.82) is 0 Å². The lowest BCUT2D eigenvalue weighted by Gasteiger charge is -2.13. The predicted octanol–water partition coefficient (Wildman–Crippen LogP) is 2.23. The quantitative estimate of drug-likeness (QED) is 0.711. The topological polar surface area (TPSA) is 24.9 Å². The number of hydrogen-bond acceptors (Lipinski definition) is 2. The molecule has 0 aliphatic heterocycles. The summed E-state index contributed by atoms with van der Waals surface area (Å²) >= 11 is 0. The van der Waals surface area contributed by atoms with Gasteiger partial charge in [-0.25, -0.2) is 0 Å². The molecule has 13 heavy (non-hydrogen) atoms. The summed E-state index contributed by atoms with van der Waals surface area (Å²) < 4.78 is 0. The van der Waals surface area contributed by atoms with E-state index in [0.29, 0.717) is 6.04 Å². The molecule has 2 nitrogen and oxygen atoms in total. The highest BCUT2D eigenvalue weighted by Gasteiger charge is 2.06. The second-order valence-electron chi connectivity index (χ2n) is 3.10. The summed E-state index contributed by atoms with van der Waals surface area (Å²) in [7, 11) is 1.95. The molecular weight excluding hydrogens is 160 g/mol. The molecule has 0 aliphatic carbocycles. The first kappa shape index (κ1) is 9.93. The third-order valence-electron chi connectivity index (χ3n) is 2.09. The van der Waals surface area contributed by atoms with Crippen LogP contribution in [0.1, 0.15) is 23.7 Å². The molecule has 0 bridgehead atoms. The van der Waals surface area contributed by atoms with Crippen molar-refractivity contribution in [2.24, 2.45) is 0 Å². The summed E-state index contributed by atoms with van der Waals surface area (Å²) in [5, 5.41) is 3.23. The van der Waals surface area contributed by atoms with Gasteiger partial charge in [-0.1, -0.05) is 12.1 Å². The van der Waals surface area contributed by atoms with Gasteiger partial charge in [-0.05, 0) is 32.0 Å². The molecule has 0 spiro atoms. The Morgan fingerprint density at radius 2 is 2.38 bits per heavy atom. The van der Waals surface area contributed by atoms with Crippen molar-refractivity contribution in [3.05, 3.63) is 42.2 Å². The lowest BCUT2D eigenvalue weighted by atomic mass is 10.1. The van der Waals surface area contributed by atoms with Crippen LogP contribution in [0.15, 0.2) is 31.0 Å². The number of nitrogens with zero attached hydrogens (tertiary/aromatic N) is 1. The van der Waals surface area contributed by atoms with Crippen molar-refractivity contribution in [2.75, 3.05) is 7.05 Å². The first-order chi connectivity index (χ1) is 6.27. The smallest absolute Gasteiger partial charge is 0.0372 e. The molecule has 1 aromatic rings. The Morgan fingerprint density at radius 3 is 2.85 bits per heavy atom. The first-order valence-electron chi connectivity index (χ1n) is 4.48. The molecule has 1 aromatic heterocycles. The number of rotatable bonds is 4. The van der Waals surface area contributed by atoms with Gasteiger partial charge in [0.05, 0.1) is 0 Å². The average molecular weight is 176 g/mol. The largest absolute Gasteiger partial charge is 0.313 e. The molecule has 1 unspecified atom stereocenters. The highest BCUT2D eigenvalue weighted by Crippen LogP contribution is 2.15. The molecule has 0 aromatic carbocycles. The zero-order valence-corrected chi connectivity index (χ0v) is 8.25. The number of aromatic nitrogens is 1. The van der Waals surface area contributed by atoms with Crippen LogP contribution in [0.2, 0.25) is 0 Å². The highest BCUT2D eigenvalue weighted by atomic mass is 14.9. The molecule has 70 valence electrons. The molecule has 0 aliphatic rings. The van der Waals surface area contributed by atoms with Gasteiger partial charge in [0.1, 0.15) is 0 Å². The average Bonchev–Trinajstić information content (AvgIpc) is 2.16. The normalized spacial score (nSPS) is 12.5. The Balaban J connectivity index is 2.78. The van der Waals surface area contributed by atoms with Crippen LogP contribution >= 0.6 is 0 Å². The molecular formula is C11H16N2. The number of aryl methyl sites for hydroxylation is 1. The van der Waals surface area contributed by atoms with Crippen LogP contribution in [-0.2, 0) is 0 Å². The maximum atomic E-state index is 4.26. The van der Waals surface area contributed by atoms with Crippen molar-refractivity contribution >= 4 is 0 Å². The number of hydrogen-bond donors (Lipinski definition) is 1. The van der Waals surface area contributed by atoms with E-state index in [1.54, 1.807) is 0 Å². The Bertz CT molecular complexity index is 264. The van der Waals surface area contributed by atoms with Crippen LogP contribution in [0.3, 0.4) is 0 Å². The third kappa shape index (κ3) is 2.67. The van der Waals surface area contributed by atoms with Gasteiger partial charge < -0.3 is 5.32 Å². The molecule has 0 saturated carbocycles. The van der Waals surface area contributed by atoms with E-state index < -0.39 is 0 Å². The van der Waals surface area contributed by atoms with Gasteiger partial charge in [0.15, 0.2) is 0 Å². The van der Waals surface area contributed by atoms with E-state index in [9.17, 15) is 0 Å². The molecule has 1 rings (SSSR count). The lowest BCUT2D eigenvalue weighted by Crippen LogP contribution is -2.15. The van der Waals surface area contributed by atoms with Crippen LogP contribution in [0.25, 0.3) is 0 Å². The number of nitrogens with one attached hydrogen (secondary N) is 1. The maximum absolute atomic E-state index is 4.26. The van der Waals surface area contributed by atoms with Gasteiger partial charge in [-0.3, -0.25) is 4.98 Å². The van der Waals surface area contributed by atoms with Crippen LogP contribution in [0.4, 0.5) is 0 Å². The minimum atomic E-state index is 0.339. The SMILES string of the molecule is C=CCC(NC)c1ccc(C)nc1. The summed E-state index contributed by atoms with van der Waals surface area (Å²) in [5.41, 5.74) is 2.27. The summed E-state index contributed by atoms with van der Waals surface area (Å²) in [6, 6.07) is 4.47. The second kappa shape index (κ2) is 4.77. The zero-order chi connectivity index (χ0) is 9.68. The van der Waals surface area contributed by atoms with Gasteiger partial charge in [0, 0.05) is 17.9 Å². The molecule has 0 saturated heterocycles. The number of pyridine rings is 1. The van der Waals surface area contributed by atoms with Gasteiger partial charge >= 0.3 is 0 Å².